The number of benzene rings is 1. The third-order valence-electron chi connectivity index (χ3n) is 2.39. The van der Waals surface area contributed by atoms with Crippen LogP contribution >= 0.6 is 11.7 Å². The molecule has 1 amide bonds. The first-order chi connectivity index (χ1) is 8.83. The molecule has 0 fully saturated rings. The third-order valence-corrected chi connectivity index (χ3v) is 2.87. The zero-order valence-corrected chi connectivity index (χ0v) is 10.1. The number of carbonyl (C=O) groups excluding carboxylic acids is 1. The minimum Gasteiger partial charge on any atom is -0.486 e. The number of fused-ring (bicyclic) bond motifs is 1. The van der Waals surface area contributed by atoms with Crippen molar-refractivity contribution < 1.29 is 14.3 Å². The lowest BCUT2D eigenvalue weighted by atomic mass is 10.2. The Kier molecular flexibility index (Phi) is 2.81. The van der Waals surface area contributed by atoms with Crippen LogP contribution in [0, 0.1) is 0 Å². The van der Waals surface area contributed by atoms with Gasteiger partial charge in [0.15, 0.2) is 17.2 Å². The van der Waals surface area contributed by atoms with Crippen molar-refractivity contribution in [3.63, 3.8) is 0 Å². The summed E-state index contributed by atoms with van der Waals surface area (Å²) in [5, 5.41) is 2.72. The van der Waals surface area contributed by atoms with Crippen LogP contribution in [0.15, 0.2) is 24.4 Å². The first-order valence-corrected chi connectivity index (χ1v) is 6.04. The molecule has 1 aromatic heterocycles. The first-order valence-electron chi connectivity index (χ1n) is 5.31. The molecule has 18 heavy (non-hydrogen) atoms. The number of hydrogen-bond donors (Lipinski definition) is 1. The Labute approximate surface area is 107 Å². The molecule has 0 radical (unpaired) electrons. The van der Waals surface area contributed by atoms with E-state index in [1.807, 2.05) is 0 Å². The number of amides is 1. The van der Waals surface area contributed by atoms with Gasteiger partial charge in [0.2, 0.25) is 0 Å². The van der Waals surface area contributed by atoms with Gasteiger partial charge in [-0.2, -0.15) is 8.75 Å². The highest BCUT2D eigenvalue weighted by atomic mass is 32.1. The van der Waals surface area contributed by atoms with E-state index in [4.69, 9.17) is 9.47 Å². The van der Waals surface area contributed by atoms with Crippen molar-refractivity contribution in [2.75, 3.05) is 18.5 Å². The molecule has 2 aromatic rings. The van der Waals surface area contributed by atoms with Crippen molar-refractivity contribution in [2.24, 2.45) is 0 Å². The van der Waals surface area contributed by atoms with Gasteiger partial charge < -0.3 is 14.8 Å². The summed E-state index contributed by atoms with van der Waals surface area (Å²) in [6.07, 6.45) is 1.43. The molecule has 0 unspecified atom stereocenters. The maximum Gasteiger partial charge on any atom is 0.277 e. The van der Waals surface area contributed by atoms with Crippen molar-refractivity contribution >= 4 is 23.3 Å². The molecular weight excluding hydrogens is 254 g/mol. The fraction of sp³-hybridized carbons (Fsp3) is 0.182. The van der Waals surface area contributed by atoms with E-state index < -0.39 is 0 Å². The molecule has 1 N–H and O–H groups in total. The summed E-state index contributed by atoms with van der Waals surface area (Å²) in [6.45, 7) is 1.06. The van der Waals surface area contributed by atoms with Gasteiger partial charge in [0.25, 0.3) is 5.91 Å². The molecule has 1 aliphatic rings. The van der Waals surface area contributed by atoms with Crippen LogP contribution in [0.2, 0.25) is 0 Å². The van der Waals surface area contributed by atoms with E-state index in [1.165, 1.54) is 6.20 Å². The summed E-state index contributed by atoms with van der Waals surface area (Å²) in [7, 11) is 0. The summed E-state index contributed by atoms with van der Waals surface area (Å²) in [5.74, 6) is 1.03. The van der Waals surface area contributed by atoms with Gasteiger partial charge in [-0.05, 0) is 12.1 Å². The van der Waals surface area contributed by atoms with Crippen molar-refractivity contribution in [3.8, 4) is 11.5 Å². The second kappa shape index (κ2) is 4.61. The molecule has 92 valence electrons. The van der Waals surface area contributed by atoms with Gasteiger partial charge in [-0.1, -0.05) is 0 Å². The Bertz CT molecular complexity index is 571. The highest BCUT2D eigenvalue weighted by Crippen LogP contribution is 2.32. The highest BCUT2D eigenvalue weighted by molar-refractivity contribution is 6.99. The third kappa shape index (κ3) is 2.12. The number of hydrogen-bond acceptors (Lipinski definition) is 6. The van der Waals surface area contributed by atoms with Gasteiger partial charge in [0.1, 0.15) is 13.2 Å². The van der Waals surface area contributed by atoms with Crippen LogP contribution < -0.4 is 14.8 Å². The lowest BCUT2D eigenvalue weighted by Crippen LogP contribution is -2.16. The van der Waals surface area contributed by atoms with E-state index >= 15 is 0 Å². The van der Waals surface area contributed by atoms with E-state index in [1.54, 1.807) is 18.2 Å². The van der Waals surface area contributed by atoms with Crippen LogP contribution in [0.3, 0.4) is 0 Å². The van der Waals surface area contributed by atoms with Crippen LogP contribution in [-0.4, -0.2) is 27.9 Å². The summed E-state index contributed by atoms with van der Waals surface area (Å²) in [4.78, 5) is 11.8. The number of nitrogens with zero attached hydrogens (tertiary/aromatic N) is 2. The minimum absolute atomic E-state index is 0.291. The fourth-order valence-electron chi connectivity index (χ4n) is 1.58. The van der Waals surface area contributed by atoms with Crippen LogP contribution in [0.25, 0.3) is 0 Å². The Morgan fingerprint density at radius 2 is 2.11 bits per heavy atom. The maximum atomic E-state index is 11.8. The molecule has 7 heteroatoms. The van der Waals surface area contributed by atoms with E-state index in [0.29, 0.717) is 36.1 Å². The average molecular weight is 263 g/mol. The molecule has 0 atom stereocenters. The monoisotopic (exact) mass is 263 g/mol. The molecule has 6 nitrogen and oxygen atoms in total. The number of aromatic nitrogens is 2. The van der Waals surface area contributed by atoms with Gasteiger partial charge in [-0.3, -0.25) is 4.79 Å². The molecule has 0 spiro atoms. The topological polar surface area (TPSA) is 73.3 Å². The van der Waals surface area contributed by atoms with E-state index in [2.05, 4.69) is 14.1 Å². The smallest absolute Gasteiger partial charge is 0.277 e. The van der Waals surface area contributed by atoms with Gasteiger partial charge in [0.05, 0.1) is 17.9 Å². The number of anilines is 1. The second-order valence-electron chi connectivity index (χ2n) is 3.61. The first kappa shape index (κ1) is 11.0. The number of ether oxygens (including phenoxy) is 2. The predicted molar refractivity (Wildman–Crippen MR) is 65.3 cm³/mol. The van der Waals surface area contributed by atoms with Crippen LogP contribution in [-0.2, 0) is 0 Å². The summed E-state index contributed by atoms with van der Waals surface area (Å²) in [6, 6.07) is 5.25. The number of nitrogens with one attached hydrogen (secondary N) is 1. The molecule has 2 heterocycles. The van der Waals surface area contributed by atoms with Crippen LogP contribution in [0.4, 0.5) is 5.69 Å². The van der Waals surface area contributed by atoms with Crippen molar-refractivity contribution in [2.45, 2.75) is 0 Å². The Morgan fingerprint density at radius 1 is 1.28 bits per heavy atom. The number of carbonyl (C=O) groups is 1. The summed E-state index contributed by atoms with van der Waals surface area (Å²) in [5.41, 5.74) is 0.937. The van der Waals surface area contributed by atoms with Crippen molar-refractivity contribution in [1.82, 2.24) is 8.75 Å². The minimum atomic E-state index is -0.291. The quantitative estimate of drug-likeness (QED) is 0.890. The highest BCUT2D eigenvalue weighted by Gasteiger charge is 2.14. The van der Waals surface area contributed by atoms with Gasteiger partial charge in [-0.25, -0.2) is 0 Å². The Hall–Kier alpha value is -2.15. The molecule has 3 rings (SSSR count). The summed E-state index contributed by atoms with van der Waals surface area (Å²) >= 11 is 0.996. The van der Waals surface area contributed by atoms with E-state index in [9.17, 15) is 4.79 Å². The fourth-order valence-corrected chi connectivity index (χ4v) is 1.99. The number of rotatable bonds is 2. The van der Waals surface area contributed by atoms with Gasteiger partial charge in [-0.15, -0.1) is 0 Å². The average Bonchev–Trinajstić information content (AvgIpc) is 2.92. The standard InChI is InChI=1S/C11H9N3O3S/c15-11(8-6-12-18-14-8)13-7-1-2-9-10(5-7)17-4-3-16-9/h1-2,5-6H,3-4H2,(H,13,15). The van der Waals surface area contributed by atoms with Crippen molar-refractivity contribution in [3.05, 3.63) is 30.1 Å². The SMILES string of the molecule is O=C(Nc1ccc2c(c1)OCCO2)c1cnsn1. The normalized spacial score (nSPS) is 13.1. The molecule has 1 aromatic carbocycles. The summed E-state index contributed by atoms with van der Waals surface area (Å²) < 4.78 is 18.5. The lowest BCUT2D eigenvalue weighted by Gasteiger charge is -2.18. The van der Waals surface area contributed by atoms with E-state index in [0.717, 1.165) is 11.7 Å². The Morgan fingerprint density at radius 3 is 2.89 bits per heavy atom. The molecule has 0 saturated carbocycles. The zero-order chi connectivity index (χ0) is 12.4. The predicted octanol–water partition coefficient (Wildman–Crippen LogP) is 1.56. The second-order valence-corrected chi connectivity index (χ2v) is 4.16. The molecule has 0 saturated heterocycles. The maximum absolute atomic E-state index is 11.8. The van der Waals surface area contributed by atoms with Gasteiger partial charge in [0, 0.05) is 11.8 Å². The van der Waals surface area contributed by atoms with Crippen molar-refractivity contribution in [1.29, 1.82) is 0 Å². The molecule has 0 bridgehead atoms. The van der Waals surface area contributed by atoms with Crippen LogP contribution in [0.1, 0.15) is 10.5 Å². The zero-order valence-electron chi connectivity index (χ0n) is 9.25. The lowest BCUT2D eigenvalue weighted by molar-refractivity contribution is 0.102. The molecule has 0 aliphatic carbocycles. The van der Waals surface area contributed by atoms with Crippen LogP contribution in [0.5, 0.6) is 11.5 Å². The molecular formula is C11H9N3O3S. The largest absolute Gasteiger partial charge is 0.486 e. The Balaban J connectivity index is 1.79. The molecule has 1 aliphatic heterocycles. The van der Waals surface area contributed by atoms with Gasteiger partial charge >= 0.3 is 0 Å². The van der Waals surface area contributed by atoms with E-state index in [-0.39, 0.29) is 5.91 Å².